The van der Waals surface area contributed by atoms with Gasteiger partial charge in [-0.05, 0) is 30.6 Å². The minimum Gasteiger partial charge on any atom is -0.324 e. The van der Waals surface area contributed by atoms with Gasteiger partial charge in [0.05, 0.1) is 22.5 Å². The van der Waals surface area contributed by atoms with E-state index in [0.717, 1.165) is 5.75 Å². The number of amides is 1. The van der Waals surface area contributed by atoms with Crippen molar-refractivity contribution in [2.24, 2.45) is 5.73 Å². The zero-order valence-electron chi connectivity index (χ0n) is 11.4. The largest absolute Gasteiger partial charge is 0.324 e. The number of hydrogen-bond donors (Lipinski definition) is 4. The van der Waals surface area contributed by atoms with Crippen LogP contribution in [0, 0.1) is 0 Å². The van der Waals surface area contributed by atoms with Gasteiger partial charge in [0.25, 0.3) is 11.1 Å². The molecule has 112 valence electrons. The molecule has 1 aromatic heterocycles. The number of H-pyrrole nitrogens is 2. The number of rotatable bonds is 5. The molecule has 1 amide bonds. The van der Waals surface area contributed by atoms with Crippen molar-refractivity contribution in [3.63, 3.8) is 0 Å². The van der Waals surface area contributed by atoms with Gasteiger partial charge in [0.1, 0.15) is 0 Å². The van der Waals surface area contributed by atoms with Crippen LogP contribution in [-0.4, -0.2) is 34.2 Å². The minimum atomic E-state index is -0.659. The summed E-state index contributed by atoms with van der Waals surface area (Å²) >= 11 is 1.60. The Morgan fingerprint density at radius 3 is 2.76 bits per heavy atom. The molecule has 0 aliphatic heterocycles. The molecule has 0 saturated carbocycles. The van der Waals surface area contributed by atoms with Crippen LogP contribution in [0.4, 0.5) is 5.69 Å². The highest BCUT2D eigenvalue weighted by Crippen LogP contribution is 2.17. The standard InChI is InChI=1S/C13H16N4O3S/c1-21-6-5-8(14)12(19)15-9-4-2-3-7-10(9)13(20)17-16-11(7)18/h2-4,8H,5-6,14H2,1H3,(H,15,19)(H,16,18)(H,17,20)/t8-/m1/s1. The molecule has 0 aliphatic rings. The first-order chi connectivity index (χ1) is 10.0. The SMILES string of the molecule is CSCC[C@@H](N)C(=O)Nc1cccc2c(=O)[nH][nH]c(=O)c12. The summed E-state index contributed by atoms with van der Waals surface area (Å²) in [6.07, 6.45) is 2.47. The van der Waals surface area contributed by atoms with E-state index < -0.39 is 17.2 Å². The third kappa shape index (κ3) is 3.34. The van der Waals surface area contributed by atoms with Gasteiger partial charge < -0.3 is 11.1 Å². The van der Waals surface area contributed by atoms with Crippen LogP contribution in [0.3, 0.4) is 0 Å². The molecule has 1 aromatic carbocycles. The van der Waals surface area contributed by atoms with Crippen molar-refractivity contribution < 1.29 is 4.79 Å². The van der Waals surface area contributed by atoms with Crippen LogP contribution >= 0.6 is 11.8 Å². The summed E-state index contributed by atoms with van der Waals surface area (Å²) in [4.78, 5) is 35.6. The predicted molar refractivity (Wildman–Crippen MR) is 84.8 cm³/mol. The van der Waals surface area contributed by atoms with Gasteiger partial charge in [0, 0.05) is 0 Å². The van der Waals surface area contributed by atoms with E-state index in [-0.39, 0.29) is 22.4 Å². The van der Waals surface area contributed by atoms with Gasteiger partial charge in [-0.15, -0.1) is 0 Å². The fraction of sp³-hybridized carbons (Fsp3) is 0.308. The number of anilines is 1. The Bertz CT molecular complexity index is 768. The van der Waals surface area contributed by atoms with E-state index in [1.807, 2.05) is 6.26 Å². The monoisotopic (exact) mass is 308 g/mol. The number of fused-ring (bicyclic) bond motifs is 1. The average Bonchev–Trinajstić information content (AvgIpc) is 2.48. The molecule has 0 aliphatic carbocycles. The third-order valence-electron chi connectivity index (χ3n) is 3.05. The molecule has 2 rings (SSSR count). The minimum absolute atomic E-state index is 0.145. The molecule has 0 bridgehead atoms. The highest BCUT2D eigenvalue weighted by atomic mass is 32.2. The highest BCUT2D eigenvalue weighted by Gasteiger charge is 2.15. The Balaban J connectivity index is 2.35. The Morgan fingerprint density at radius 1 is 1.33 bits per heavy atom. The average molecular weight is 308 g/mol. The Hall–Kier alpha value is -2.06. The maximum atomic E-state index is 12.0. The molecular formula is C13H16N4O3S. The van der Waals surface area contributed by atoms with Crippen molar-refractivity contribution in [2.75, 3.05) is 17.3 Å². The molecule has 0 fully saturated rings. The van der Waals surface area contributed by atoms with Gasteiger partial charge in [-0.2, -0.15) is 11.8 Å². The molecule has 5 N–H and O–H groups in total. The van der Waals surface area contributed by atoms with Crippen LogP contribution in [0.15, 0.2) is 27.8 Å². The van der Waals surface area contributed by atoms with E-state index in [9.17, 15) is 14.4 Å². The first kappa shape index (κ1) is 15.3. The van der Waals surface area contributed by atoms with Gasteiger partial charge in [-0.1, -0.05) is 6.07 Å². The Labute approximate surface area is 124 Å². The number of carbonyl (C=O) groups is 1. The number of thioether (sulfide) groups is 1. The molecule has 1 heterocycles. The van der Waals surface area contributed by atoms with Crippen LogP contribution in [0.2, 0.25) is 0 Å². The Morgan fingerprint density at radius 2 is 2.05 bits per heavy atom. The van der Waals surface area contributed by atoms with Crippen molar-refractivity contribution in [1.82, 2.24) is 10.2 Å². The first-order valence-corrected chi connectivity index (χ1v) is 7.73. The van der Waals surface area contributed by atoms with E-state index in [1.165, 1.54) is 6.07 Å². The number of nitrogens with two attached hydrogens (primary N) is 1. The second-order valence-electron chi connectivity index (χ2n) is 4.51. The van der Waals surface area contributed by atoms with Gasteiger partial charge in [0.2, 0.25) is 5.91 Å². The zero-order chi connectivity index (χ0) is 15.4. The maximum absolute atomic E-state index is 12.0. The molecule has 0 spiro atoms. The van der Waals surface area contributed by atoms with Gasteiger partial charge >= 0.3 is 0 Å². The quantitative estimate of drug-likeness (QED) is 0.630. The molecular weight excluding hydrogens is 292 g/mol. The summed E-state index contributed by atoms with van der Waals surface area (Å²) in [6.45, 7) is 0. The number of nitrogens with one attached hydrogen (secondary N) is 3. The van der Waals surface area contributed by atoms with Crippen LogP contribution in [0.25, 0.3) is 10.8 Å². The van der Waals surface area contributed by atoms with E-state index in [1.54, 1.807) is 23.9 Å². The normalized spacial score (nSPS) is 12.3. The Kier molecular flexibility index (Phi) is 4.81. The number of aromatic nitrogens is 2. The van der Waals surface area contributed by atoms with Crippen molar-refractivity contribution in [2.45, 2.75) is 12.5 Å². The summed E-state index contributed by atoms with van der Waals surface area (Å²) in [7, 11) is 0. The second kappa shape index (κ2) is 6.59. The van der Waals surface area contributed by atoms with Gasteiger partial charge in [0.15, 0.2) is 0 Å². The molecule has 0 unspecified atom stereocenters. The van der Waals surface area contributed by atoms with E-state index in [0.29, 0.717) is 6.42 Å². The lowest BCUT2D eigenvalue weighted by Crippen LogP contribution is -2.36. The lowest BCUT2D eigenvalue weighted by atomic mass is 10.1. The van der Waals surface area contributed by atoms with Crippen molar-refractivity contribution in [3.8, 4) is 0 Å². The lowest BCUT2D eigenvalue weighted by molar-refractivity contribution is -0.117. The lowest BCUT2D eigenvalue weighted by Gasteiger charge is -2.12. The topological polar surface area (TPSA) is 121 Å². The maximum Gasteiger partial charge on any atom is 0.272 e. The second-order valence-corrected chi connectivity index (χ2v) is 5.50. The fourth-order valence-corrected chi connectivity index (χ4v) is 2.42. The fourth-order valence-electron chi connectivity index (χ4n) is 1.94. The van der Waals surface area contributed by atoms with Crippen LogP contribution < -0.4 is 22.2 Å². The summed E-state index contributed by atoms with van der Waals surface area (Å²) in [5.74, 6) is 0.390. The van der Waals surface area contributed by atoms with Crippen LogP contribution in [0.5, 0.6) is 0 Å². The van der Waals surface area contributed by atoms with Crippen molar-refractivity contribution in [1.29, 1.82) is 0 Å². The predicted octanol–water partition coefficient (Wildman–Crippen LogP) is 0.235. The molecule has 8 heteroatoms. The number of hydrogen-bond acceptors (Lipinski definition) is 5. The number of carbonyl (C=O) groups excluding carboxylic acids is 1. The number of aromatic amines is 2. The summed E-state index contributed by atoms with van der Waals surface area (Å²) in [5, 5.41) is 7.46. The van der Waals surface area contributed by atoms with Gasteiger partial charge in [-0.25, -0.2) is 0 Å². The van der Waals surface area contributed by atoms with E-state index in [2.05, 4.69) is 15.5 Å². The smallest absolute Gasteiger partial charge is 0.272 e. The molecule has 2 aromatic rings. The summed E-state index contributed by atoms with van der Waals surface area (Å²) in [6, 6.07) is 4.02. The molecule has 7 nitrogen and oxygen atoms in total. The van der Waals surface area contributed by atoms with Crippen LogP contribution in [-0.2, 0) is 4.79 Å². The summed E-state index contributed by atoms with van der Waals surface area (Å²) < 4.78 is 0. The van der Waals surface area contributed by atoms with E-state index >= 15 is 0 Å². The first-order valence-electron chi connectivity index (χ1n) is 6.33. The van der Waals surface area contributed by atoms with Crippen molar-refractivity contribution >= 4 is 34.1 Å². The van der Waals surface area contributed by atoms with E-state index in [4.69, 9.17) is 5.73 Å². The molecule has 0 saturated heterocycles. The number of benzene rings is 1. The van der Waals surface area contributed by atoms with Gasteiger partial charge in [-0.3, -0.25) is 24.6 Å². The molecule has 1 atom stereocenters. The zero-order valence-corrected chi connectivity index (χ0v) is 12.3. The third-order valence-corrected chi connectivity index (χ3v) is 3.70. The molecule has 21 heavy (non-hydrogen) atoms. The highest BCUT2D eigenvalue weighted by molar-refractivity contribution is 7.98. The summed E-state index contributed by atoms with van der Waals surface area (Å²) in [5.41, 5.74) is 5.17. The van der Waals surface area contributed by atoms with Crippen molar-refractivity contribution in [3.05, 3.63) is 38.9 Å². The van der Waals surface area contributed by atoms with Crippen LogP contribution in [0.1, 0.15) is 6.42 Å². The molecule has 0 radical (unpaired) electrons.